The standard InChI is InChI=1S/C5H5NS2/c1-2-3-4-8-5(6)7/h1,3-4H,(H2,6,7)/b4-3-. The van der Waals surface area contributed by atoms with Gasteiger partial charge in [-0.25, -0.2) is 0 Å². The molecule has 0 aliphatic carbocycles. The molecule has 0 heterocycles. The minimum absolute atomic E-state index is 0.386. The molecule has 0 saturated heterocycles. The van der Waals surface area contributed by atoms with E-state index in [1.807, 2.05) is 0 Å². The summed E-state index contributed by atoms with van der Waals surface area (Å²) < 4.78 is 0.386. The van der Waals surface area contributed by atoms with Gasteiger partial charge in [-0.2, -0.15) is 0 Å². The Balaban J connectivity index is 3.34. The average molecular weight is 143 g/mol. The van der Waals surface area contributed by atoms with E-state index in [1.54, 1.807) is 11.5 Å². The molecular weight excluding hydrogens is 138 g/mol. The van der Waals surface area contributed by atoms with Crippen LogP contribution in [0.5, 0.6) is 0 Å². The predicted molar refractivity (Wildman–Crippen MR) is 42.3 cm³/mol. The Morgan fingerprint density at radius 1 is 1.88 bits per heavy atom. The highest BCUT2D eigenvalue weighted by Gasteiger charge is 1.78. The van der Waals surface area contributed by atoms with Crippen molar-refractivity contribution in [2.24, 2.45) is 5.73 Å². The maximum absolute atomic E-state index is 5.11. The maximum atomic E-state index is 5.11. The third-order valence-electron chi connectivity index (χ3n) is 0.348. The number of hydrogen-bond donors (Lipinski definition) is 1. The van der Waals surface area contributed by atoms with Gasteiger partial charge in [-0.15, -0.1) is 6.42 Å². The van der Waals surface area contributed by atoms with E-state index in [2.05, 4.69) is 18.1 Å². The fourth-order valence-corrected chi connectivity index (χ4v) is 0.588. The highest BCUT2D eigenvalue weighted by molar-refractivity contribution is 8.24. The highest BCUT2D eigenvalue weighted by atomic mass is 32.2. The average Bonchev–Trinajstić information content (AvgIpc) is 1.66. The first kappa shape index (κ1) is 7.54. The number of terminal acetylenes is 1. The number of rotatable bonds is 1. The van der Waals surface area contributed by atoms with Gasteiger partial charge in [-0.1, -0.05) is 29.9 Å². The monoisotopic (exact) mass is 143 g/mol. The van der Waals surface area contributed by atoms with Crippen molar-refractivity contribution < 1.29 is 0 Å². The van der Waals surface area contributed by atoms with Crippen LogP contribution >= 0.6 is 24.0 Å². The van der Waals surface area contributed by atoms with Crippen molar-refractivity contribution in [3.63, 3.8) is 0 Å². The molecule has 8 heavy (non-hydrogen) atoms. The molecular formula is C5H5NS2. The summed E-state index contributed by atoms with van der Waals surface area (Å²) in [6, 6.07) is 0. The number of allylic oxidation sites excluding steroid dienone is 1. The second-order valence-corrected chi connectivity index (χ2v) is 2.55. The Hall–Kier alpha value is -0.460. The lowest BCUT2D eigenvalue weighted by Gasteiger charge is -1.82. The van der Waals surface area contributed by atoms with Crippen molar-refractivity contribution in [3.05, 3.63) is 11.5 Å². The summed E-state index contributed by atoms with van der Waals surface area (Å²) in [7, 11) is 0. The van der Waals surface area contributed by atoms with Gasteiger partial charge in [0, 0.05) is 0 Å². The Bertz CT molecular complexity index is 143. The second-order valence-electron chi connectivity index (χ2n) is 0.906. The molecule has 0 radical (unpaired) electrons. The van der Waals surface area contributed by atoms with Gasteiger partial charge in [-0.3, -0.25) is 0 Å². The van der Waals surface area contributed by atoms with Crippen LogP contribution in [0.3, 0.4) is 0 Å². The van der Waals surface area contributed by atoms with Gasteiger partial charge >= 0.3 is 0 Å². The van der Waals surface area contributed by atoms with Gasteiger partial charge in [0.2, 0.25) is 0 Å². The van der Waals surface area contributed by atoms with Crippen LogP contribution in [0.15, 0.2) is 11.5 Å². The van der Waals surface area contributed by atoms with E-state index in [4.69, 9.17) is 12.2 Å². The summed E-state index contributed by atoms with van der Waals surface area (Å²) in [4.78, 5) is 0. The van der Waals surface area contributed by atoms with Gasteiger partial charge < -0.3 is 5.73 Å². The van der Waals surface area contributed by atoms with Crippen LogP contribution in [0.4, 0.5) is 0 Å². The molecule has 0 aromatic carbocycles. The lowest BCUT2D eigenvalue weighted by molar-refractivity contribution is 1.91. The van der Waals surface area contributed by atoms with Crippen LogP contribution in [0.2, 0.25) is 0 Å². The van der Waals surface area contributed by atoms with Gasteiger partial charge in [0.25, 0.3) is 0 Å². The van der Waals surface area contributed by atoms with Gasteiger partial charge in [0.05, 0.1) is 0 Å². The molecule has 0 saturated carbocycles. The Labute approximate surface area is 58.3 Å². The fraction of sp³-hybridized carbons (Fsp3) is 0. The van der Waals surface area contributed by atoms with Crippen molar-refractivity contribution in [2.45, 2.75) is 0 Å². The normalized spacial score (nSPS) is 8.88. The lowest BCUT2D eigenvalue weighted by atomic mass is 10.7. The van der Waals surface area contributed by atoms with E-state index >= 15 is 0 Å². The molecule has 2 N–H and O–H groups in total. The zero-order chi connectivity index (χ0) is 6.41. The molecule has 1 nitrogen and oxygen atoms in total. The van der Waals surface area contributed by atoms with Crippen molar-refractivity contribution >= 4 is 28.3 Å². The molecule has 0 fully saturated rings. The van der Waals surface area contributed by atoms with E-state index in [1.165, 1.54) is 11.8 Å². The first-order chi connectivity index (χ1) is 3.77. The van der Waals surface area contributed by atoms with Crippen LogP contribution in [-0.2, 0) is 0 Å². The van der Waals surface area contributed by atoms with E-state index in [9.17, 15) is 0 Å². The number of hydrogen-bond acceptors (Lipinski definition) is 2. The van der Waals surface area contributed by atoms with Crippen LogP contribution in [0.1, 0.15) is 0 Å². The summed E-state index contributed by atoms with van der Waals surface area (Å²) in [5, 5.41) is 1.67. The van der Waals surface area contributed by atoms with Crippen molar-refractivity contribution in [1.82, 2.24) is 0 Å². The Kier molecular flexibility index (Phi) is 4.42. The number of thioether (sulfide) groups is 1. The minimum Gasteiger partial charge on any atom is -0.384 e. The van der Waals surface area contributed by atoms with Crippen molar-refractivity contribution in [1.29, 1.82) is 0 Å². The van der Waals surface area contributed by atoms with Crippen LogP contribution in [-0.4, -0.2) is 4.32 Å². The molecule has 0 unspecified atom stereocenters. The van der Waals surface area contributed by atoms with Crippen molar-refractivity contribution in [3.8, 4) is 12.3 Å². The van der Waals surface area contributed by atoms with Gasteiger partial charge in [0.15, 0.2) is 0 Å². The van der Waals surface area contributed by atoms with Crippen LogP contribution in [0, 0.1) is 12.3 Å². The van der Waals surface area contributed by atoms with E-state index < -0.39 is 0 Å². The summed E-state index contributed by atoms with van der Waals surface area (Å²) in [6.45, 7) is 0. The molecule has 0 rings (SSSR count). The summed E-state index contributed by atoms with van der Waals surface area (Å²) in [6.07, 6.45) is 6.43. The topological polar surface area (TPSA) is 26.0 Å². The summed E-state index contributed by atoms with van der Waals surface area (Å²) in [5.41, 5.74) is 5.11. The quantitative estimate of drug-likeness (QED) is 0.440. The first-order valence-corrected chi connectivity index (χ1v) is 3.13. The molecule has 0 atom stereocenters. The molecule has 42 valence electrons. The molecule has 0 aliphatic rings. The van der Waals surface area contributed by atoms with E-state index in [0.717, 1.165) is 0 Å². The molecule has 0 aromatic rings. The molecule has 0 amide bonds. The van der Waals surface area contributed by atoms with E-state index in [0.29, 0.717) is 4.32 Å². The minimum atomic E-state index is 0.386. The first-order valence-electron chi connectivity index (χ1n) is 1.84. The predicted octanol–water partition coefficient (Wildman–Crippen LogP) is 1.11. The third kappa shape index (κ3) is 5.54. The Morgan fingerprint density at radius 3 is 2.88 bits per heavy atom. The van der Waals surface area contributed by atoms with Crippen LogP contribution < -0.4 is 5.73 Å². The largest absolute Gasteiger partial charge is 0.384 e. The zero-order valence-corrected chi connectivity index (χ0v) is 5.76. The SMILES string of the molecule is C#C/C=C\SC(N)=S. The molecule has 0 bridgehead atoms. The van der Waals surface area contributed by atoms with Crippen LogP contribution in [0.25, 0.3) is 0 Å². The maximum Gasteiger partial charge on any atom is 0.135 e. The molecule has 0 aliphatic heterocycles. The lowest BCUT2D eigenvalue weighted by Crippen LogP contribution is -1.98. The molecule has 0 spiro atoms. The smallest absolute Gasteiger partial charge is 0.135 e. The molecule has 0 aromatic heterocycles. The summed E-state index contributed by atoms with van der Waals surface area (Å²) >= 11 is 5.77. The van der Waals surface area contributed by atoms with Gasteiger partial charge in [-0.05, 0) is 11.5 Å². The number of nitrogens with two attached hydrogens (primary N) is 1. The fourth-order valence-electron chi connectivity index (χ4n) is 0.140. The third-order valence-corrected chi connectivity index (χ3v) is 1.14. The van der Waals surface area contributed by atoms with Crippen molar-refractivity contribution in [2.75, 3.05) is 0 Å². The highest BCUT2D eigenvalue weighted by Crippen LogP contribution is 1.99. The molecule has 3 heteroatoms. The number of thiocarbonyl (C=S) groups is 1. The zero-order valence-electron chi connectivity index (χ0n) is 4.13. The van der Waals surface area contributed by atoms with Gasteiger partial charge in [0.1, 0.15) is 4.32 Å². The Morgan fingerprint density at radius 2 is 2.50 bits per heavy atom. The van der Waals surface area contributed by atoms with E-state index in [-0.39, 0.29) is 0 Å². The summed E-state index contributed by atoms with van der Waals surface area (Å²) in [5.74, 6) is 2.31. The second kappa shape index (κ2) is 4.69.